The van der Waals surface area contributed by atoms with Gasteiger partial charge in [-0.3, -0.25) is 9.59 Å². The summed E-state index contributed by atoms with van der Waals surface area (Å²) < 4.78 is 11.0. The van der Waals surface area contributed by atoms with Gasteiger partial charge in [-0.25, -0.2) is 0 Å². The lowest BCUT2D eigenvalue weighted by Crippen LogP contribution is -2.30. The largest absolute Gasteiger partial charge is 0.507 e. The van der Waals surface area contributed by atoms with E-state index in [0.29, 0.717) is 38.0 Å². The van der Waals surface area contributed by atoms with Gasteiger partial charge >= 0.3 is 0 Å². The van der Waals surface area contributed by atoms with Crippen LogP contribution >= 0.6 is 0 Å². The molecule has 24 heavy (non-hydrogen) atoms. The Morgan fingerprint density at radius 2 is 2.17 bits per heavy atom. The number of carbonyl (C=O) groups is 2. The molecule has 0 unspecified atom stereocenters. The number of hydrogen-bond acceptors (Lipinski definition) is 5. The Labute approximate surface area is 142 Å². The molecule has 132 valence electrons. The summed E-state index contributed by atoms with van der Waals surface area (Å²) >= 11 is 0. The van der Waals surface area contributed by atoms with Crippen molar-refractivity contribution < 1.29 is 24.2 Å². The summed E-state index contributed by atoms with van der Waals surface area (Å²) in [6.45, 7) is 7.37. The molecule has 0 saturated heterocycles. The molecule has 0 saturated carbocycles. The van der Waals surface area contributed by atoms with Gasteiger partial charge in [0, 0.05) is 24.1 Å². The summed E-state index contributed by atoms with van der Waals surface area (Å²) in [4.78, 5) is 23.0. The molecule has 0 bridgehead atoms. The van der Waals surface area contributed by atoms with Gasteiger partial charge in [0.05, 0.1) is 18.8 Å². The van der Waals surface area contributed by atoms with Gasteiger partial charge in [0.15, 0.2) is 6.29 Å². The SMILES string of the molecule is CC.CCNC(=O)C1=C(COc2cccc(O)c2C=O)COCC1. The fourth-order valence-corrected chi connectivity index (χ4v) is 2.25. The van der Waals surface area contributed by atoms with Crippen LogP contribution in [0.25, 0.3) is 0 Å². The fraction of sp³-hybridized carbons (Fsp3) is 0.444. The number of ether oxygens (including phenoxy) is 2. The third-order valence-electron chi connectivity index (χ3n) is 3.37. The lowest BCUT2D eigenvalue weighted by molar-refractivity contribution is -0.118. The maximum atomic E-state index is 12.0. The van der Waals surface area contributed by atoms with Gasteiger partial charge in [0.25, 0.3) is 0 Å². The molecule has 0 atom stereocenters. The molecule has 6 nitrogen and oxygen atoms in total. The van der Waals surface area contributed by atoms with Gasteiger partial charge < -0.3 is 19.9 Å². The van der Waals surface area contributed by atoms with Gasteiger partial charge in [-0.05, 0) is 19.1 Å². The van der Waals surface area contributed by atoms with E-state index in [2.05, 4.69) is 5.32 Å². The lowest BCUT2D eigenvalue weighted by Gasteiger charge is -2.21. The third-order valence-corrected chi connectivity index (χ3v) is 3.37. The van der Waals surface area contributed by atoms with Crippen molar-refractivity contribution in [3.8, 4) is 11.5 Å². The van der Waals surface area contributed by atoms with Crippen molar-refractivity contribution >= 4 is 12.2 Å². The van der Waals surface area contributed by atoms with Crippen molar-refractivity contribution in [3.05, 3.63) is 34.9 Å². The van der Waals surface area contributed by atoms with E-state index in [0.717, 1.165) is 5.57 Å². The molecule has 0 aromatic heterocycles. The van der Waals surface area contributed by atoms with Crippen LogP contribution in [0.5, 0.6) is 11.5 Å². The average Bonchev–Trinajstić information content (AvgIpc) is 2.62. The Kier molecular flexibility index (Phi) is 8.57. The first-order valence-corrected chi connectivity index (χ1v) is 8.14. The molecule has 1 aliphatic heterocycles. The Morgan fingerprint density at radius 1 is 1.42 bits per heavy atom. The molecule has 6 heteroatoms. The van der Waals surface area contributed by atoms with E-state index in [1.807, 2.05) is 20.8 Å². The zero-order valence-electron chi connectivity index (χ0n) is 14.4. The van der Waals surface area contributed by atoms with E-state index in [4.69, 9.17) is 9.47 Å². The maximum Gasteiger partial charge on any atom is 0.247 e. The number of likely N-dealkylation sites (N-methyl/N-ethyl adjacent to an activating group) is 1. The Morgan fingerprint density at radius 3 is 2.83 bits per heavy atom. The quantitative estimate of drug-likeness (QED) is 0.780. The second-order valence-electron chi connectivity index (χ2n) is 4.84. The van der Waals surface area contributed by atoms with Crippen LogP contribution in [-0.4, -0.2) is 43.7 Å². The summed E-state index contributed by atoms with van der Waals surface area (Å²) in [6.07, 6.45) is 1.08. The van der Waals surface area contributed by atoms with Crippen LogP contribution < -0.4 is 10.1 Å². The Bertz CT molecular complexity index is 595. The van der Waals surface area contributed by atoms with Crippen molar-refractivity contribution in [2.75, 3.05) is 26.4 Å². The molecule has 0 spiro atoms. The van der Waals surface area contributed by atoms with Crippen molar-refractivity contribution in [1.82, 2.24) is 5.32 Å². The second kappa shape index (κ2) is 10.4. The number of aldehydes is 1. The van der Waals surface area contributed by atoms with Crippen LogP contribution in [-0.2, 0) is 9.53 Å². The molecular weight excluding hydrogens is 310 g/mol. The Balaban J connectivity index is 0.00000139. The first-order valence-electron chi connectivity index (χ1n) is 8.14. The summed E-state index contributed by atoms with van der Waals surface area (Å²) in [5, 5.41) is 12.4. The molecule has 0 fully saturated rings. The van der Waals surface area contributed by atoms with Crippen LogP contribution in [0.2, 0.25) is 0 Å². The third kappa shape index (κ3) is 5.09. The smallest absolute Gasteiger partial charge is 0.247 e. The van der Waals surface area contributed by atoms with Crippen LogP contribution in [0.15, 0.2) is 29.3 Å². The predicted octanol–water partition coefficient (Wildman–Crippen LogP) is 2.46. The van der Waals surface area contributed by atoms with Gasteiger partial charge in [-0.2, -0.15) is 0 Å². The highest BCUT2D eigenvalue weighted by atomic mass is 16.5. The topological polar surface area (TPSA) is 84.9 Å². The van der Waals surface area contributed by atoms with Crippen LogP contribution in [0.4, 0.5) is 0 Å². The number of carbonyl (C=O) groups excluding carboxylic acids is 2. The van der Waals surface area contributed by atoms with E-state index in [9.17, 15) is 14.7 Å². The second-order valence-corrected chi connectivity index (χ2v) is 4.84. The number of aromatic hydroxyl groups is 1. The summed E-state index contributed by atoms with van der Waals surface area (Å²) in [7, 11) is 0. The normalized spacial score (nSPS) is 13.6. The highest BCUT2D eigenvalue weighted by molar-refractivity contribution is 5.94. The minimum absolute atomic E-state index is 0.0967. The summed E-state index contributed by atoms with van der Waals surface area (Å²) in [6, 6.07) is 4.60. The molecule has 2 rings (SSSR count). The van der Waals surface area contributed by atoms with E-state index >= 15 is 0 Å². The first kappa shape index (κ1) is 19.7. The van der Waals surface area contributed by atoms with Crippen molar-refractivity contribution in [3.63, 3.8) is 0 Å². The molecule has 1 aromatic rings. The van der Waals surface area contributed by atoms with Gasteiger partial charge in [-0.1, -0.05) is 19.9 Å². The van der Waals surface area contributed by atoms with Gasteiger partial charge in [0.2, 0.25) is 5.91 Å². The minimum atomic E-state index is -0.134. The number of benzene rings is 1. The number of phenols is 1. The number of phenolic OH excluding ortho intramolecular Hbond substituents is 1. The standard InChI is InChI=1S/C16H19NO5.C2H6/c1-2-17-16(20)12-6-7-21-9-11(12)10-22-15-5-3-4-14(19)13(15)8-18;1-2/h3-5,8,19H,2,6-7,9-10H2,1H3,(H,17,20);1-2H3. The van der Waals surface area contributed by atoms with Crippen molar-refractivity contribution in [1.29, 1.82) is 0 Å². The molecule has 1 aliphatic rings. The van der Waals surface area contributed by atoms with E-state index in [1.54, 1.807) is 12.1 Å². The number of rotatable bonds is 6. The molecular formula is C18H25NO5. The highest BCUT2D eigenvalue weighted by Crippen LogP contribution is 2.26. The van der Waals surface area contributed by atoms with E-state index < -0.39 is 0 Å². The van der Waals surface area contributed by atoms with Crippen LogP contribution in [0, 0.1) is 0 Å². The van der Waals surface area contributed by atoms with Crippen molar-refractivity contribution in [2.24, 2.45) is 0 Å². The molecule has 0 radical (unpaired) electrons. The average molecular weight is 335 g/mol. The zero-order chi connectivity index (χ0) is 17.9. The predicted molar refractivity (Wildman–Crippen MR) is 91.5 cm³/mol. The minimum Gasteiger partial charge on any atom is -0.507 e. The lowest BCUT2D eigenvalue weighted by atomic mass is 10.0. The highest BCUT2D eigenvalue weighted by Gasteiger charge is 2.20. The van der Waals surface area contributed by atoms with Gasteiger partial charge in [-0.15, -0.1) is 0 Å². The number of hydrogen-bond donors (Lipinski definition) is 2. The van der Waals surface area contributed by atoms with E-state index in [-0.39, 0.29) is 29.6 Å². The summed E-state index contributed by atoms with van der Waals surface area (Å²) in [5.74, 6) is 0.0320. The molecule has 2 N–H and O–H groups in total. The molecule has 1 aromatic carbocycles. The molecule has 0 aliphatic carbocycles. The fourth-order valence-electron chi connectivity index (χ4n) is 2.25. The van der Waals surface area contributed by atoms with Crippen molar-refractivity contribution in [2.45, 2.75) is 27.2 Å². The van der Waals surface area contributed by atoms with Crippen LogP contribution in [0.1, 0.15) is 37.6 Å². The molecule has 1 amide bonds. The van der Waals surface area contributed by atoms with Gasteiger partial charge in [0.1, 0.15) is 18.1 Å². The number of nitrogens with one attached hydrogen (secondary N) is 1. The zero-order valence-corrected chi connectivity index (χ0v) is 14.4. The summed E-state index contributed by atoms with van der Waals surface area (Å²) in [5.41, 5.74) is 1.51. The Hall–Kier alpha value is -2.34. The molecule has 1 heterocycles. The number of amides is 1. The monoisotopic (exact) mass is 335 g/mol. The first-order chi connectivity index (χ1) is 11.7. The van der Waals surface area contributed by atoms with Crippen LogP contribution in [0.3, 0.4) is 0 Å². The maximum absolute atomic E-state index is 12.0. The van der Waals surface area contributed by atoms with E-state index in [1.165, 1.54) is 6.07 Å².